The van der Waals surface area contributed by atoms with Crippen LogP contribution < -0.4 is 5.01 Å². The van der Waals surface area contributed by atoms with Crippen LogP contribution in [0.3, 0.4) is 0 Å². The third-order valence-electron chi connectivity index (χ3n) is 2.32. The number of aryl methyl sites for hydroxylation is 1. The highest BCUT2D eigenvalue weighted by Gasteiger charge is 2.34. The largest absolute Gasteiger partial charge is 0.480 e. The zero-order chi connectivity index (χ0) is 11.7. The molecule has 82 valence electrons. The third kappa shape index (κ3) is 1.67. The molecular weight excluding hydrogens is 208 g/mol. The molecule has 0 fully saturated rings. The van der Waals surface area contributed by atoms with Crippen molar-refractivity contribution in [3.05, 3.63) is 29.8 Å². The van der Waals surface area contributed by atoms with Gasteiger partial charge in [-0.25, -0.2) is 0 Å². The van der Waals surface area contributed by atoms with Gasteiger partial charge in [0.1, 0.15) is 0 Å². The van der Waals surface area contributed by atoms with Crippen molar-refractivity contribution in [1.29, 1.82) is 0 Å². The minimum Gasteiger partial charge on any atom is -0.480 e. The Balaban J connectivity index is 2.29. The molecule has 0 spiro atoms. The van der Waals surface area contributed by atoms with Crippen LogP contribution in [0.25, 0.3) is 0 Å². The van der Waals surface area contributed by atoms with E-state index in [-0.39, 0.29) is 0 Å². The Morgan fingerprint density at radius 1 is 1.50 bits per heavy atom. The number of aliphatic carboxylic acids is 1. The van der Waals surface area contributed by atoms with Gasteiger partial charge < -0.3 is 5.11 Å². The molecule has 1 N–H and O–H groups in total. The van der Waals surface area contributed by atoms with E-state index in [1.165, 1.54) is 0 Å². The maximum Gasteiger partial charge on any atom is 0.321 e. The molecule has 1 aromatic carbocycles. The van der Waals surface area contributed by atoms with Crippen molar-refractivity contribution in [2.75, 3.05) is 5.01 Å². The van der Waals surface area contributed by atoms with Crippen LogP contribution in [0.1, 0.15) is 5.56 Å². The van der Waals surface area contributed by atoms with Gasteiger partial charge in [0.05, 0.1) is 5.69 Å². The van der Waals surface area contributed by atoms with Gasteiger partial charge in [-0.15, -0.1) is 0 Å². The van der Waals surface area contributed by atoms with Gasteiger partial charge in [0.2, 0.25) is 0 Å². The summed E-state index contributed by atoms with van der Waals surface area (Å²) in [5.41, 5.74) is 1.57. The predicted octanol–water partition coefficient (Wildman–Crippen LogP) is 1.03. The van der Waals surface area contributed by atoms with E-state index in [0.717, 1.165) is 16.8 Å². The Bertz CT molecular complexity index is 482. The smallest absolute Gasteiger partial charge is 0.321 e. The second-order valence-corrected chi connectivity index (χ2v) is 3.57. The molecule has 0 aliphatic carbocycles. The van der Waals surface area contributed by atoms with Gasteiger partial charge in [-0.2, -0.15) is 10.1 Å². The monoisotopic (exact) mass is 218 g/mol. The molecule has 1 aliphatic heterocycles. The molecule has 1 atom stereocenters. The van der Waals surface area contributed by atoms with Crippen LogP contribution >= 0.6 is 0 Å². The first-order valence-electron chi connectivity index (χ1n) is 4.77. The minimum atomic E-state index is -1.18. The number of anilines is 1. The molecule has 5 heteroatoms. The van der Waals surface area contributed by atoms with Gasteiger partial charge in [0.25, 0.3) is 5.91 Å². The van der Waals surface area contributed by atoms with Crippen LogP contribution in [0.15, 0.2) is 29.4 Å². The highest BCUT2D eigenvalue weighted by molar-refractivity contribution is 6.19. The van der Waals surface area contributed by atoms with Crippen LogP contribution in [0.4, 0.5) is 5.69 Å². The molecule has 0 bridgehead atoms. The van der Waals surface area contributed by atoms with Crippen molar-refractivity contribution in [2.24, 2.45) is 11.0 Å². The molecule has 0 saturated heterocycles. The van der Waals surface area contributed by atoms with Crippen molar-refractivity contribution < 1.29 is 14.7 Å². The molecule has 2 rings (SSSR count). The number of hydrazone groups is 1. The number of carboxylic acids is 1. The van der Waals surface area contributed by atoms with Crippen molar-refractivity contribution in [1.82, 2.24) is 0 Å². The molecule has 0 radical (unpaired) electrons. The average molecular weight is 218 g/mol. The Morgan fingerprint density at radius 2 is 2.25 bits per heavy atom. The van der Waals surface area contributed by atoms with E-state index in [1.54, 1.807) is 18.2 Å². The van der Waals surface area contributed by atoms with E-state index in [0.29, 0.717) is 5.69 Å². The molecule has 0 saturated carbocycles. The van der Waals surface area contributed by atoms with E-state index >= 15 is 0 Å². The Hall–Kier alpha value is -2.17. The van der Waals surface area contributed by atoms with E-state index in [4.69, 9.17) is 5.11 Å². The van der Waals surface area contributed by atoms with Crippen molar-refractivity contribution in [3.63, 3.8) is 0 Å². The highest BCUT2D eigenvalue weighted by Crippen LogP contribution is 2.21. The van der Waals surface area contributed by atoms with E-state index in [2.05, 4.69) is 5.10 Å². The molecule has 1 aliphatic rings. The first-order valence-corrected chi connectivity index (χ1v) is 4.77. The van der Waals surface area contributed by atoms with Crippen LogP contribution in [0.5, 0.6) is 0 Å². The number of carbonyl (C=O) groups excluding carboxylic acids is 1. The second-order valence-electron chi connectivity index (χ2n) is 3.57. The average Bonchev–Trinajstić information content (AvgIpc) is 2.60. The van der Waals surface area contributed by atoms with E-state index < -0.39 is 17.8 Å². The maximum atomic E-state index is 11.7. The van der Waals surface area contributed by atoms with Gasteiger partial charge in [-0.3, -0.25) is 9.59 Å². The Labute approximate surface area is 92.0 Å². The molecule has 0 aromatic heterocycles. The van der Waals surface area contributed by atoms with E-state index in [1.807, 2.05) is 13.0 Å². The maximum absolute atomic E-state index is 11.7. The zero-order valence-corrected chi connectivity index (χ0v) is 8.62. The molecule has 16 heavy (non-hydrogen) atoms. The van der Waals surface area contributed by atoms with Crippen LogP contribution in [-0.2, 0) is 9.59 Å². The lowest BCUT2D eigenvalue weighted by molar-refractivity contribution is -0.142. The zero-order valence-electron chi connectivity index (χ0n) is 8.62. The highest BCUT2D eigenvalue weighted by atomic mass is 16.4. The van der Waals surface area contributed by atoms with Crippen molar-refractivity contribution in [2.45, 2.75) is 6.92 Å². The lowest BCUT2D eigenvalue weighted by Gasteiger charge is -2.13. The fourth-order valence-corrected chi connectivity index (χ4v) is 1.51. The van der Waals surface area contributed by atoms with Gasteiger partial charge in [0, 0.05) is 6.21 Å². The van der Waals surface area contributed by atoms with Gasteiger partial charge in [-0.1, -0.05) is 12.1 Å². The summed E-state index contributed by atoms with van der Waals surface area (Å²) in [6, 6.07) is 7.18. The number of hydrogen-bond donors (Lipinski definition) is 1. The summed E-state index contributed by atoms with van der Waals surface area (Å²) < 4.78 is 0. The first-order chi connectivity index (χ1) is 7.59. The molecule has 1 heterocycles. The summed E-state index contributed by atoms with van der Waals surface area (Å²) in [7, 11) is 0. The lowest BCUT2D eigenvalue weighted by Crippen LogP contribution is -2.30. The fourth-order valence-electron chi connectivity index (χ4n) is 1.51. The van der Waals surface area contributed by atoms with Gasteiger partial charge in [0.15, 0.2) is 5.92 Å². The topological polar surface area (TPSA) is 70.0 Å². The summed E-state index contributed by atoms with van der Waals surface area (Å²) in [5, 5.41) is 13.7. The third-order valence-corrected chi connectivity index (χ3v) is 2.32. The van der Waals surface area contributed by atoms with Crippen LogP contribution in [-0.4, -0.2) is 23.2 Å². The summed E-state index contributed by atoms with van der Waals surface area (Å²) >= 11 is 0. The molecule has 1 unspecified atom stereocenters. The molecule has 5 nitrogen and oxygen atoms in total. The summed E-state index contributed by atoms with van der Waals surface area (Å²) in [5.74, 6) is -2.87. The Kier molecular flexibility index (Phi) is 2.44. The summed E-state index contributed by atoms with van der Waals surface area (Å²) in [6.45, 7) is 1.89. The molecule has 1 aromatic rings. The number of benzene rings is 1. The number of hydrogen-bond acceptors (Lipinski definition) is 3. The standard InChI is InChI=1S/C11H10N2O3/c1-7-3-2-4-8(5-7)13-10(14)9(6-12-13)11(15)16/h2-6,9H,1H3,(H,15,16). The fraction of sp³-hybridized carbons (Fsp3) is 0.182. The Morgan fingerprint density at radius 3 is 2.81 bits per heavy atom. The number of rotatable bonds is 2. The molecular formula is C11H10N2O3. The number of amides is 1. The quantitative estimate of drug-likeness (QED) is 0.753. The number of carbonyl (C=O) groups is 2. The van der Waals surface area contributed by atoms with Gasteiger partial charge in [-0.05, 0) is 24.6 Å². The number of carboxylic acid groups (broad SMARTS) is 1. The summed E-state index contributed by atoms with van der Waals surface area (Å²) in [4.78, 5) is 22.4. The number of nitrogens with zero attached hydrogens (tertiary/aromatic N) is 2. The SMILES string of the molecule is Cc1cccc(N2N=CC(C(=O)O)C2=O)c1. The van der Waals surface area contributed by atoms with Gasteiger partial charge >= 0.3 is 5.97 Å². The van der Waals surface area contributed by atoms with Crippen molar-refractivity contribution in [3.8, 4) is 0 Å². The molecule has 1 amide bonds. The first kappa shape index (κ1) is 10.4. The minimum absolute atomic E-state index is 0.530. The van der Waals surface area contributed by atoms with Crippen molar-refractivity contribution >= 4 is 23.8 Å². The van der Waals surface area contributed by atoms with E-state index in [9.17, 15) is 9.59 Å². The second kappa shape index (κ2) is 3.77. The van der Waals surface area contributed by atoms with Crippen LogP contribution in [0, 0.1) is 12.8 Å². The lowest BCUT2D eigenvalue weighted by atomic mass is 10.1. The van der Waals surface area contributed by atoms with Crippen LogP contribution in [0.2, 0.25) is 0 Å². The summed E-state index contributed by atoms with van der Waals surface area (Å²) in [6.07, 6.45) is 1.15. The normalized spacial score (nSPS) is 19.2. The predicted molar refractivity (Wildman–Crippen MR) is 58.3 cm³/mol.